The molecule has 0 aromatic rings. The van der Waals surface area contributed by atoms with Crippen molar-refractivity contribution in [2.24, 2.45) is 17.8 Å². The van der Waals surface area contributed by atoms with Gasteiger partial charge in [0.05, 0.1) is 37.1 Å². The van der Waals surface area contributed by atoms with E-state index in [0.29, 0.717) is 0 Å². The lowest BCUT2D eigenvalue weighted by molar-refractivity contribution is -0.322. The highest BCUT2D eigenvalue weighted by molar-refractivity contribution is 5.96. The normalized spacial score (nSPS) is 47.8. The van der Waals surface area contributed by atoms with Crippen LogP contribution in [0.1, 0.15) is 61.3 Å². The van der Waals surface area contributed by atoms with Gasteiger partial charge in [0.15, 0.2) is 18.4 Å². The van der Waals surface area contributed by atoms with Gasteiger partial charge in [-0.2, -0.15) is 0 Å². The molecule has 0 aliphatic carbocycles. The number of esters is 1. The average Bonchev–Trinajstić information content (AvgIpc) is 3.82. The van der Waals surface area contributed by atoms with Crippen LogP contribution in [0.15, 0.2) is 24.3 Å². The van der Waals surface area contributed by atoms with E-state index < -0.39 is 120 Å². The first-order chi connectivity index (χ1) is 23.8. The molecule has 5 N–H and O–H groups in total. The zero-order valence-electron chi connectivity index (χ0n) is 31.0. The second kappa shape index (κ2) is 17.1. The van der Waals surface area contributed by atoms with Gasteiger partial charge in [-0.3, -0.25) is 4.79 Å². The number of methoxy groups -OCH3 is 2. The van der Waals surface area contributed by atoms with Crippen LogP contribution in [-0.2, 0) is 47.5 Å². The van der Waals surface area contributed by atoms with E-state index in [4.69, 9.17) is 37.9 Å². The van der Waals surface area contributed by atoms with Crippen LogP contribution >= 0.6 is 0 Å². The first kappa shape index (κ1) is 41.9. The molecule has 3 saturated heterocycles. The number of hydrogen-bond donors (Lipinski definition) is 5. The fourth-order valence-corrected chi connectivity index (χ4v) is 7.46. The number of cyclic esters (lactones) is 1. The summed E-state index contributed by atoms with van der Waals surface area (Å²) >= 11 is 0. The van der Waals surface area contributed by atoms with Crippen LogP contribution in [-0.4, -0.2) is 149 Å². The molecule has 4 heterocycles. The molecule has 51 heavy (non-hydrogen) atoms. The number of rotatable bonds is 8. The van der Waals surface area contributed by atoms with Gasteiger partial charge in [0.1, 0.15) is 47.8 Å². The number of epoxide rings is 1. The van der Waals surface area contributed by atoms with Crippen molar-refractivity contribution in [3.8, 4) is 0 Å². The van der Waals surface area contributed by atoms with Gasteiger partial charge in [-0.1, -0.05) is 19.9 Å². The van der Waals surface area contributed by atoms with E-state index in [-0.39, 0.29) is 19.4 Å². The first-order valence-electron chi connectivity index (χ1n) is 17.7. The third kappa shape index (κ3) is 9.63. The molecule has 4 rings (SSSR count). The topological polar surface area (TPSA) is 212 Å². The number of carbonyl (C=O) groups excluding carboxylic acids is 2. The maximum absolute atomic E-state index is 13.3. The largest absolute Gasteiger partial charge is 0.459 e. The maximum atomic E-state index is 13.3. The van der Waals surface area contributed by atoms with Crippen LogP contribution in [0.25, 0.3) is 0 Å². The van der Waals surface area contributed by atoms with E-state index in [1.807, 2.05) is 0 Å². The molecule has 0 amide bonds. The van der Waals surface area contributed by atoms with Gasteiger partial charge >= 0.3 is 5.97 Å². The Morgan fingerprint density at radius 1 is 0.882 bits per heavy atom. The Hall–Kier alpha value is -1.86. The van der Waals surface area contributed by atoms with E-state index in [9.17, 15) is 35.1 Å². The predicted molar refractivity (Wildman–Crippen MR) is 179 cm³/mol. The Kier molecular flexibility index (Phi) is 14.0. The molecule has 4 aliphatic heterocycles. The number of fused-ring (bicyclic) bond motifs is 1. The second-order valence-corrected chi connectivity index (χ2v) is 14.9. The molecule has 15 nitrogen and oxygen atoms in total. The molecule has 0 saturated carbocycles. The Morgan fingerprint density at radius 2 is 1.55 bits per heavy atom. The summed E-state index contributed by atoms with van der Waals surface area (Å²) in [6, 6.07) is 0. The lowest BCUT2D eigenvalue weighted by Crippen LogP contribution is -2.63. The number of aliphatic hydroxyl groups is 5. The van der Waals surface area contributed by atoms with E-state index in [1.165, 1.54) is 40.2 Å². The Labute approximate surface area is 299 Å². The van der Waals surface area contributed by atoms with Crippen molar-refractivity contribution in [1.82, 2.24) is 0 Å². The van der Waals surface area contributed by atoms with Crippen LogP contribution < -0.4 is 0 Å². The van der Waals surface area contributed by atoms with Crippen LogP contribution in [0.2, 0.25) is 0 Å². The number of hydrogen-bond acceptors (Lipinski definition) is 15. The number of ketones is 1. The van der Waals surface area contributed by atoms with Crippen LogP contribution in [0.5, 0.6) is 0 Å². The van der Waals surface area contributed by atoms with Gasteiger partial charge < -0.3 is 63.4 Å². The van der Waals surface area contributed by atoms with Gasteiger partial charge in [-0.05, 0) is 59.1 Å². The van der Waals surface area contributed by atoms with Gasteiger partial charge in [0, 0.05) is 38.6 Å². The highest BCUT2D eigenvalue weighted by Gasteiger charge is 2.53. The molecule has 15 heteroatoms. The van der Waals surface area contributed by atoms with Crippen LogP contribution in [0, 0.1) is 17.8 Å². The summed E-state index contributed by atoms with van der Waals surface area (Å²) in [5.41, 5.74) is -3.74. The molecule has 292 valence electrons. The fraction of sp³-hybridized carbons (Fsp3) is 0.833. The Morgan fingerprint density at radius 3 is 2.18 bits per heavy atom. The highest BCUT2D eigenvalue weighted by atomic mass is 16.7. The smallest absolute Gasteiger partial charge is 0.330 e. The van der Waals surface area contributed by atoms with Crippen LogP contribution in [0.4, 0.5) is 0 Å². The molecule has 0 bridgehead atoms. The molecule has 0 radical (unpaired) electrons. The van der Waals surface area contributed by atoms with Crippen molar-refractivity contribution in [1.29, 1.82) is 0 Å². The lowest BCUT2D eigenvalue weighted by Gasteiger charge is -2.47. The van der Waals surface area contributed by atoms with E-state index in [1.54, 1.807) is 46.8 Å². The second-order valence-electron chi connectivity index (χ2n) is 14.9. The fourth-order valence-electron chi connectivity index (χ4n) is 7.46. The van der Waals surface area contributed by atoms with Crippen LogP contribution in [0.3, 0.4) is 0 Å². The van der Waals surface area contributed by atoms with Crippen molar-refractivity contribution >= 4 is 11.8 Å². The first-order valence-corrected chi connectivity index (χ1v) is 17.7. The molecular weight excluding hydrogens is 672 g/mol. The predicted octanol–water partition coefficient (Wildman–Crippen LogP) is 0.555. The molecule has 0 aromatic heterocycles. The Balaban J connectivity index is 1.57. The van der Waals surface area contributed by atoms with Crippen molar-refractivity contribution in [3.05, 3.63) is 24.3 Å². The van der Waals surface area contributed by atoms with Crippen molar-refractivity contribution < 1.29 is 73.0 Å². The molecule has 18 atom stereocenters. The summed E-state index contributed by atoms with van der Waals surface area (Å²) in [7, 11) is 2.91. The van der Waals surface area contributed by atoms with Gasteiger partial charge in [-0.15, -0.1) is 0 Å². The SMILES string of the molecule is COC1C(OC[C@H]2[C@@H]3O[C@@H]3C=CC(=O)[C@@](C)(O)C[C@H](C)[C@H](O[C@@H]3O[C@H](C)C[C@](O)([C@H](C)O)[C@H]3O)[C@@H](C)C=CC(=O)O[C@@H]2C)OC(C)C(O)C1OC. The maximum Gasteiger partial charge on any atom is 0.330 e. The minimum absolute atomic E-state index is 0.00657. The molecule has 0 aromatic carbocycles. The van der Waals surface area contributed by atoms with Crippen molar-refractivity contribution in [2.75, 3.05) is 20.8 Å². The van der Waals surface area contributed by atoms with E-state index in [0.717, 1.165) is 0 Å². The van der Waals surface area contributed by atoms with Gasteiger partial charge in [-0.25, -0.2) is 4.79 Å². The third-order valence-corrected chi connectivity index (χ3v) is 10.7. The van der Waals surface area contributed by atoms with Crippen molar-refractivity contribution in [2.45, 2.75) is 152 Å². The third-order valence-electron chi connectivity index (χ3n) is 10.7. The van der Waals surface area contributed by atoms with Gasteiger partial charge in [0.25, 0.3) is 0 Å². The van der Waals surface area contributed by atoms with Gasteiger partial charge in [0.2, 0.25) is 0 Å². The van der Waals surface area contributed by atoms with E-state index in [2.05, 4.69) is 0 Å². The molecule has 3 fully saturated rings. The summed E-state index contributed by atoms with van der Waals surface area (Å²) in [6.07, 6.45) is -5.88. The quantitative estimate of drug-likeness (QED) is 0.171. The zero-order valence-corrected chi connectivity index (χ0v) is 31.0. The highest BCUT2D eigenvalue weighted by Crippen LogP contribution is 2.38. The summed E-state index contributed by atoms with van der Waals surface area (Å²) < 4.78 is 46.9. The summed E-state index contributed by atoms with van der Waals surface area (Å²) in [4.78, 5) is 26.5. The summed E-state index contributed by atoms with van der Waals surface area (Å²) in [6.45, 7) is 11.4. The lowest BCUT2D eigenvalue weighted by atomic mass is 9.81. The number of carbonyl (C=O) groups is 2. The monoisotopic (exact) mass is 730 g/mol. The summed E-state index contributed by atoms with van der Waals surface area (Å²) in [5.74, 6) is -2.84. The standard InChI is InChI=1S/C36H58O15/c1-17-10-13-26(39)48-20(4)23(16-46-33-31(45-9)30(44-8)27(40)21(5)49-33)29-24(50-29)11-12-25(38)35(7,42)14-18(2)28(17)51-34-32(41)36(43,22(6)37)15-19(3)47-34/h10-13,17-24,27-34,37,40-43H,14-16H2,1-9H3/t17-,18-,19+,20+,21?,22-,23+,24+,27?,28+,29-,30?,31?,32-,33?,34-,35-,36-/m0/s1. The average molecular weight is 731 g/mol. The minimum Gasteiger partial charge on any atom is -0.459 e. The van der Waals surface area contributed by atoms with E-state index >= 15 is 0 Å². The molecule has 0 spiro atoms. The molecule has 5 unspecified atom stereocenters. The Bertz CT molecular complexity index is 1240. The zero-order chi connectivity index (χ0) is 38.0. The number of aliphatic hydroxyl groups excluding tert-OH is 3. The number of ether oxygens (including phenoxy) is 8. The molecule has 4 aliphatic rings. The minimum atomic E-state index is -1.91. The summed E-state index contributed by atoms with van der Waals surface area (Å²) in [5, 5.41) is 54.4. The molecular formula is C36H58O15. The van der Waals surface area contributed by atoms with Crippen molar-refractivity contribution in [3.63, 3.8) is 0 Å².